The average molecular weight is 517 g/mol. The number of benzene rings is 1. The molecular formula is C25H29BrN2O5. The summed E-state index contributed by atoms with van der Waals surface area (Å²) >= 11 is 3.56. The number of halogens is 1. The van der Waals surface area contributed by atoms with Gasteiger partial charge in [-0.3, -0.25) is 14.4 Å². The fraction of sp³-hybridized carbons (Fsp3) is 0.480. The van der Waals surface area contributed by atoms with Crippen molar-refractivity contribution in [2.45, 2.75) is 51.4 Å². The monoisotopic (exact) mass is 516 g/mol. The summed E-state index contributed by atoms with van der Waals surface area (Å²) in [6.45, 7) is 2.66. The molecule has 1 aliphatic heterocycles. The van der Waals surface area contributed by atoms with Gasteiger partial charge in [0.05, 0.1) is 11.6 Å². The third-order valence-corrected chi connectivity index (χ3v) is 7.20. The van der Waals surface area contributed by atoms with Crippen LogP contribution in [0.4, 0.5) is 0 Å². The molecule has 0 unspecified atom stereocenters. The first kappa shape index (κ1) is 23.5. The van der Waals surface area contributed by atoms with Crippen molar-refractivity contribution in [1.29, 1.82) is 0 Å². The Bertz CT molecular complexity index is 1030. The molecule has 0 radical (unpaired) electrons. The third-order valence-electron chi connectivity index (χ3n) is 6.61. The number of ketones is 2. The number of rotatable bonds is 6. The SMILES string of the molecule is CCN1C2=C(C(=O)CCC2)C(c2cc(Br)c(OCC(=O)NC)c(OC)c2)C2=C1CCCC2=O. The summed E-state index contributed by atoms with van der Waals surface area (Å²) in [4.78, 5) is 40.4. The van der Waals surface area contributed by atoms with E-state index in [2.05, 4.69) is 33.1 Å². The van der Waals surface area contributed by atoms with Crippen LogP contribution in [0.1, 0.15) is 56.9 Å². The quantitative estimate of drug-likeness (QED) is 0.614. The van der Waals surface area contributed by atoms with Crippen molar-refractivity contribution in [3.05, 3.63) is 44.7 Å². The zero-order valence-electron chi connectivity index (χ0n) is 19.3. The molecule has 176 valence electrons. The van der Waals surface area contributed by atoms with Gasteiger partial charge in [-0.1, -0.05) is 0 Å². The summed E-state index contributed by atoms with van der Waals surface area (Å²) in [5, 5.41) is 2.52. The first-order valence-electron chi connectivity index (χ1n) is 11.4. The van der Waals surface area contributed by atoms with Gasteiger partial charge in [0.15, 0.2) is 29.7 Å². The Balaban J connectivity index is 1.87. The van der Waals surface area contributed by atoms with Gasteiger partial charge in [0.25, 0.3) is 5.91 Å². The molecule has 0 spiro atoms. The van der Waals surface area contributed by atoms with Gasteiger partial charge in [-0.05, 0) is 66.2 Å². The fourth-order valence-electron chi connectivity index (χ4n) is 5.19. The maximum atomic E-state index is 13.2. The number of ether oxygens (including phenoxy) is 2. The predicted molar refractivity (Wildman–Crippen MR) is 127 cm³/mol. The van der Waals surface area contributed by atoms with Crippen LogP contribution in [-0.2, 0) is 14.4 Å². The maximum Gasteiger partial charge on any atom is 0.257 e. The van der Waals surface area contributed by atoms with Gasteiger partial charge >= 0.3 is 0 Å². The average Bonchev–Trinajstić information content (AvgIpc) is 2.81. The van der Waals surface area contributed by atoms with Crippen LogP contribution in [0, 0.1) is 0 Å². The highest BCUT2D eigenvalue weighted by molar-refractivity contribution is 9.10. The van der Waals surface area contributed by atoms with Crippen LogP contribution in [0.15, 0.2) is 39.1 Å². The lowest BCUT2D eigenvalue weighted by Gasteiger charge is -2.43. The normalized spacial score (nSPS) is 18.8. The second-order valence-corrected chi connectivity index (χ2v) is 9.30. The number of hydrogen-bond donors (Lipinski definition) is 1. The Morgan fingerprint density at radius 1 is 1.09 bits per heavy atom. The van der Waals surface area contributed by atoms with Crippen molar-refractivity contribution in [1.82, 2.24) is 10.2 Å². The minimum absolute atomic E-state index is 0.111. The van der Waals surface area contributed by atoms with Crippen molar-refractivity contribution < 1.29 is 23.9 Å². The van der Waals surface area contributed by atoms with Crippen LogP contribution in [-0.4, -0.2) is 49.7 Å². The molecule has 0 saturated heterocycles. The highest BCUT2D eigenvalue weighted by Gasteiger charge is 2.43. The van der Waals surface area contributed by atoms with E-state index in [0.717, 1.165) is 60.3 Å². The first-order valence-corrected chi connectivity index (χ1v) is 12.2. The molecule has 0 fully saturated rings. The van der Waals surface area contributed by atoms with E-state index < -0.39 is 5.92 Å². The summed E-state index contributed by atoms with van der Waals surface area (Å²) in [7, 11) is 3.08. The highest BCUT2D eigenvalue weighted by Crippen LogP contribution is 2.51. The van der Waals surface area contributed by atoms with Gasteiger partial charge in [-0.15, -0.1) is 0 Å². The number of nitrogens with zero attached hydrogens (tertiary/aromatic N) is 1. The number of carbonyl (C=O) groups is 3. The Kier molecular flexibility index (Phi) is 6.93. The number of Topliss-reactive ketones (excluding diaryl/α,β-unsaturated/α-hetero) is 2. The first-order chi connectivity index (χ1) is 15.9. The summed E-state index contributed by atoms with van der Waals surface area (Å²) in [5.74, 6) is 0.391. The highest BCUT2D eigenvalue weighted by atomic mass is 79.9. The molecule has 4 rings (SSSR count). The van der Waals surface area contributed by atoms with Crippen molar-refractivity contribution in [3.63, 3.8) is 0 Å². The lowest BCUT2D eigenvalue weighted by molar-refractivity contribution is -0.122. The number of nitrogens with one attached hydrogen (secondary N) is 1. The zero-order valence-corrected chi connectivity index (χ0v) is 20.8. The van der Waals surface area contributed by atoms with E-state index in [-0.39, 0.29) is 24.1 Å². The van der Waals surface area contributed by atoms with Gasteiger partial charge < -0.3 is 19.7 Å². The molecule has 7 nitrogen and oxygen atoms in total. The minimum atomic E-state index is -0.420. The molecule has 0 aromatic heterocycles. The molecule has 0 saturated carbocycles. The lowest BCUT2D eigenvalue weighted by Crippen LogP contribution is -2.39. The van der Waals surface area contributed by atoms with E-state index in [1.54, 1.807) is 7.05 Å². The molecule has 8 heteroatoms. The molecule has 2 aliphatic carbocycles. The van der Waals surface area contributed by atoms with Crippen LogP contribution < -0.4 is 14.8 Å². The second kappa shape index (κ2) is 9.71. The summed E-state index contributed by atoms with van der Waals surface area (Å²) in [6, 6.07) is 3.71. The number of amides is 1. The number of likely N-dealkylation sites (N-methyl/N-ethyl adjacent to an activating group) is 1. The topological polar surface area (TPSA) is 84.9 Å². The van der Waals surface area contributed by atoms with Crippen LogP contribution in [0.2, 0.25) is 0 Å². The molecule has 1 heterocycles. The van der Waals surface area contributed by atoms with E-state index in [1.165, 1.54) is 7.11 Å². The zero-order chi connectivity index (χ0) is 23.7. The number of methoxy groups -OCH3 is 1. The van der Waals surface area contributed by atoms with Crippen molar-refractivity contribution in [2.75, 3.05) is 27.3 Å². The molecule has 1 aromatic rings. The molecule has 33 heavy (non-hydrogen) atoms. The van der Waals surface area contributed by atoms with Crippen LogP contribution in [0.3, 0.4) is 0 Å². The van der Waals surface area contributed by atoms with Crippen LogP contribution >= 0.6 is 15.9 Å². The third kappa shape index (κ3) is 4.21. The molecule has 0 atom stereocenters. The molecular weight excluding hydrogens is 488 g/mol. The molecule has 1 amide bonds. The Hall–Kier alpha value is -2.61. The Labute approximate surface area is 202 Å². The number of hydrogen-bond acceptors (Lipinski definition) is 6. The number of allylic oxidation sites excluding steroid dienone is 4. The van der Waals surface area contributed by atoms with Gasteiger partial charge in [-0.2, -0.15) is 0 Å². The van der Waals surface area contributed by atoms with Crippen LogP contribution in [0.25, 0.3) is 0 Å². The standard InChI is InChI=1S/C25H29BrN2O5/c1-4-28-16-7-5-9-18(29)23(16)22(24-17(28)8-6-10-19(24)30)14-11-15(26)25(20(12-14)32-3)33-13-21(31)27-2/h11-12,22H,4-10,13H2,1-3H3,(H,27,31). The number of carbonyl (C=O) groups excluding carboxylic acids is 3. The lowest BCUT2D eigenvalue weighted by atomic mass is 9.71. The molecule has 0 bridgehead atoms. The van der Waals surface area contributed by atoms with E-state index in [1.807, 2.05) is 12.1 Å². The predicted octanol–water partition coefficient (Wildman–Crippen LogP) is 4.02. The van der Waals surface area contributed by atoms with Gasteiger partial charge in [-0.25, -0.2) is 0 Å². The van der Waals surface area contributed by atoms with Gasteiger partial charge in [0.2, 0.25) is 0 Å². The van der Waals surface area contributed by atoms with Crippen molar-refractivity contribution in [2.24, 2.45) is 0 Å². The van der Waals surface area contributed by atoms with Crippen molar-refractivity contribution in [3.8, 4) is 11.5 Å². The van der Waals surface area contributed by atoms with Crippen LogP contribution in [0.5, 0.6) is 11.5 Å². The Morgan fingerprint density at radius 3 is 2.21 bits per heavy atom. The maximum absolute atomic E-state index is 13.2. The minimum Gasteiger partial charge on any atom is -0.493 e. The summed E-state index contributed by atoms with van der Waals surface area (Å²) in [6.07, 6.45) is 4.32. The second-order valence-electron chi connectivity index (χ2n) is 8.45. The molecule has 1 aromatic carbocycles. The Morgan fingerprint density at radius 2 is 1.70 bits per heavy atom. The largest absolute Gasteiger partial charge is 0.493 e. The van der Waals surface area contributed by atoms with E-state index >= 15 is 0 Å². The van der Waals surface area contributed by atoms with E-state index in [9.17, 15) is 14.4 Å². The van der Waals surface area contributed by atoms with E-state index in [4.69, 9.17) is 9.47 Å². The summed E-state index contributed by atoms with van der Waals surface area (Å²) in [5.41, 5.74) is 4.41. The summed E-state index contributed by atoms with van der Waals surface area (Å²) < 4.78 is 11.9. The van der Waals surface area contributed by atoms with Crippen molar-refractivity contribution >= 4 is 33.4 Å². The van der Waals surface area contributed by atoms with Gasteiger partial charge in [0.1, 0.15) is 0 Å². The van der Waals surface area contributed by atoms with Gasteiger partial charge in [0, 0.05) is 54.9 Å². The molecule has 3 aliphatic rings. The van der Waals surface area contributed by atoms with E-state index in [0.29, 0.717) is 28.8 Å². The molecule has 1 N–H and O–H groups in total. The smallest absolute Gasteiger partial charge is 0.257 e. The fourth-order valence-corrected chi connectivity index (χ4v) is 5.76.